The molecule has 158 valence electrons. The molecule has 0 bridgehead atoms. The Balaban J connectivity index is 1.79. The number of anilines is 1. The van der Waals surface area contributed by atoms with Gasteiger partial charge in [0.15, 0.2) is 5.16 Å². The van der Waals surface area contributed by atoms with Gasteiger partial charge in [-0.05, 0) is 30.7 Å². The largest absolute Gasteiger partial charge is 0.323 e. The topological polar surface area (TPSA) is 64.0 Å². The van der Waals surface area contributed by atoms with Crippen molar-refractivity contribution in [2.24, 2.45) is 0 Å². The van der Waals surface area contributed by atoms with Crippen LogP contribution in [0.25, 0.3) is 10.9 Å². The number of benzene rings is 2. The van der Waals surface area contributed by atoms with E-state index in [4.69, 9.17) is 23.2 Å². The van der Waals surface area contributed by atoms with Gasteiger partial charge in [0.2, 0.25) is 5.91 Å². The summed E-state index contributed by atoms with van der Waals surface area (Å²) in [5, 5.41) is 4.61. The fourth-order valence-electron chi connectivity index (χ4n) is 3.07. The van der Waals surface area contributed by atoms with Crippen LogP contribution in [0.2, 0.25) is 10.0 Å². The summed E-state index contributed by atoms with van der Waals surface area (Å²) in [7, 11) is 0. The molecule has 8 heteroatoms. The molecule has 1 heterocycles. The Morgan fingerprint density at radius 3 is 2.53 bits per heavy atom. The number of aromatic nitrogens is 2. The van der Waals surface area contributed by atoms with Gasteiger partial charge in [-0.3, -0.25) is 14.2 Å². The molecule has 30 heavy (non-hydrogen) atoms. The second kappa shape index (κ2) is 10.8. The van der Waals surface area contributed by atoms with Gasteiger partial charge in [0.25, 0.3) is 5.56 Å². The number of halogens is 2. The smallest absolute Gasteiger partial charge is 0.262 e. The SMILES string of the molecule is CCCCCCn1c(SCC(=O)Nc2c(Cl)cccc2Cl)nc2ccccc2c1=O. The lowest BCUT2D eigenvalue weighted by Gasteiger charge is -2.13. The van der Waals surface area contributed by atoms with Crippen LogP contribution in [-0.4, -0.2) is 21.2 Å². The van der Waals surface area contributed by atoms with Gasteiger partial charge in [0.1, 0.15) is 0 Å². The first-order valence-corrected chi connectivity index (χ1v) is 11.6. The Labute approximate surface area is 189 Å². The van der Waals surface area contributed by atoms with E-state index < -0.39 is 0 Å². The van der Waals surface area contributed by atoms with E-state index in [1.54, 1.807) is 28.8 Å². The van der Waals surface area contributed by atoms with Crippen LogP contribution in [0.3, 0.4) is 0 Å². The number of hydrogen-bond acceptors (Lipinski definition) is 4. The minimum absolute atomic E-state index is 0.0749. The predicted molar refractivity (Wildman–Crippen MR) is 126 cm³/mol. The molecule has 0 unspecified atom stereocenters. The molecule has 0 saturated carbocycles. The third kappa shape index (κ3) is 5.56. The van der Waals surface area contributed by atoms with Gasteiger partial charge in [-0.15, -0.1) is 0 Å². The van der Waals surface area contributed by atoms with E-state index in [1.165, 1.54) is 11.8 Å². The van der Waals surface area contributed by atoms with Crippen molar-refractivity contribution >= 4 is 57.5 Å². The molecular weight excluding hydrogens is 441 g/mol. The van der Waals surface area contributed by atoms with Crippen LogP contribution in [-0.2, 0) is 11.3 Å². The van der Waals surface area contributed by atoms with Crippen molar-refractivity contribution in [1.29, 1.82) is 0 Å². The molecule has 1 aromatic heterocycles. The molecule has 0 saturated heterocycles. The van der Waals surface area contributed by atoms with Gasteiger partial charge in [0.05, 0.1) is 32.4 Å². The third-order valence-electron chi connectivity index (χ3n) is 4.62. The van der Waals surface area contributed by atoms with E-state index in [-0.39, 0.29) is 17.2 Å². The van der Waals surface area contributed by atoms with Crippen molar-refractivity contribution in [3.63, 3.8) is 0 Å². The highest BCUT2D eigenvalue weighted by Crippen LogP contribution is 2.30. The van der Waals surface area contributed by atoms with Crippen molar-refractivity contribution in [3.8, 4) is 0 Å². The summed E-state index contributed by atoms with van der Waals surface area (Å²) in [6.45, 7) is 2.73. The van der Waals surface area contributed by atoms with Crippen LogP contribution in [0, 0.1) is 0 Å². The quantitative estimate of drug-likeness (QED) is 0.239. The van der Waals surface area contributed by atoms with Crippen molar-refractivity contribution < 1.29 is 4.79 Å². The second-order valence-corrected chi connectivity index (χ2v) is 8.62. The molecule has 0 spiro atoms. The van der Waals surface area contributed by atoms with E-state index in [0.29, 0.717) is 38.3 Å². The lowest BCUT2D eigenvalue weighted by molar-refractivity contribution is -0.113. The first-order chi connectivity index (χ1) is 14.5. The maximum Gasteiger partial charge on any atom is 0.262 e. The molecule has 2 aromatic carbocycles. The average molecular weight is 464 g/mol. The Morgan fingerprint density at radius 1 is 1.07 bits per heavy atom. The van der Waals surface area contributed by atoms with E-state index >= 15 is 0 Å². The zero-order valence-corrected chi connectivity index (χ0v) is 19.0. The molecular formula is C22H23Cl2N3O2S. The zero-order chi connectivity index (χ0) is 21.5. The molecule has 5 nitrogen and oxygen atoms in total. The number of para-hydroxylation sites is 2. The molecule has 3 aromatic rings. The third-order valence-corrected chi connectivity index (χ3v) is 6.23. The number of amides is 1. The van der Waals surface area contributed by atoms with Crippen LogP contribution >= 0.6 is 35.0 Å². The first-order valence-electron chi connectivity index (χ1n) is 9.87. The summed E-state index contributed by atoms with van der Waals surface area (Å²) in [6.07, 6.45) is 4.19. The van der Waals surface area contributed by atoms with Crippen molar-refractivity contribution in [2.75, 3.05) is 11.1 Å². The molecule has 0 radical (unpaired) electrons. The Bertz CT molecular complexity index is 1080. The Hall–Kier alpha value is -2.02. The van der Waals surface area contributed by atoms with E-state index in [9.17, 15) is 9.59 Å². The summed E-state index contributed by atoms with van der Waals surface area (Å²) < 4.78 is 1.68. The lowest BCUT2D eigenvalue weighted by Crippen LogP contribution is -2.24. The Kier molecular flexibility index (Phi) is 8.19. The summed E-state index contributed by atoms with van der Waals surface area (Å²) in [6, 6.07) is 12.3. The first kappa shape index (κ1) is 22.7. The van der Waals surface area contributed by atoms with Crippen LogP contribution in [0.1, 0.15) is 32.6 Å². The number of rotatable bonds is 9. The van der Waals surface area contributed by atoms with Crippen molar-refractivity contribution in [1.82, 2.24) is 9.55 Å². The van der Waals surface area contributed by atoms with E-state index in [0.717, 1.165) is 25.7 Å². The molecule has 1 amide bonds. The summed E-state index contributed by atoms with van der Waals surface area (Å²) in [5.74, 6) is -0.184. The number of fused-ring (bicyclic) bond motifs is 1. The van der Waals surface area contributed by atoms with Crippen LogP contribution in [0.5, 0.6) is 0 Å². The number of thioether (sulfide) groups is 1. The standard InChI is InChI=1S/C22H23Cl2N3O2S/c1-2-3-4-7-13-27-21(29)15-9-5-6-12-18(15)25-22(27)30-14-19(28)26-20-16(23)10-8-11-17(20)24/h5-6,8-12H,2-4,7,13-14H2,1H3,(H,26,28). The molecule has 1 N–H and O–H groups in total. The maximum atomic E-state index is 13.0. The maximum absolute atomic E-state index is 13.0. The van der Waals surface area contributed by atoms with Crippen LogP contribution < -0.4 is 10.9 Å². The minimum Gasteiger partial charge on any atom is -0.323 e. The molecule has 0 atom stereocenters. The van der Waals surface area contributed by atoms with Crippen LogP contribution in [0.4, 0.5) is 5.69 Å². The van der Waals surface area contributed by atoms with Gasteiger partial charge < -0.3 is 5.32 Å². The van der Waals surface area contributed by atoms with Crippen molar-refractivity contribution in [3.05, 3.63) is 62.9 Å². The number of nitrogens with zero attached hydrogens (tertiary/aromatic N) is 2. The number of carbonyl (C=O) groups is 1. The monoisotopic (exact) mass is 463 g/mol. The summed E-state index contributed by atoms with van der Waals surface area (Å²) in [5.41, 5.74) is 0.938. The number of hydrogen-bond donors (Lipinski definition) is 1. The number of unbranched alkanes of at least 4 members (excludes halogenated alkanes) is 3. The summed E-state index contributed by atoms with van der Waals surface area (Å²) in [4.78, 5) is 30.1. The number of nitrogens with one attached hydrogen (secondary N) is 1. The van der Waals surface area contributed by atoms with Crippen LogP contribution in [0.15, 0.2) is 52.4 Å². The fourth-order valence-corrected chi connectivity index (χ4v) is 4.39. The normalized spacial score (nSPS) is 11.0. The van der Waals surface area contributed by atoms with Gasteiger partial charge in [-0.25, -0.2) is 4.98 Å². The summed E-state index contributed by atoms with van der Waals surface area (Å²) >= 11 is 13.5. The Morgan fingerprint density at radius 2 is 1.80 bits per heavy atom. The fraction of sp³-hybridized carbons (Fsp3) is 0.318. The van der Waals surface area contributed by atoms with Gasteiger partial charge in [0, 0.05) is 6.54 Å². The van der Waals surface area contributed by atoms with Gasteiger partial charge >= 0.3 is 0 Å². The van der Waals surface area contributed by atoms with Gasteiger partial charge in [-0.1, -0.05) is 79.3 Å². The van der Waals surface area contributed by atoms with Crippen molar-refractivity contribution in [2.45, 2.75) is 44.3 Å². The second-order valence-electron chi connectivity index (χ2n) is 6.86. The highest BCUT2D eigenvalue weighted by molar-refractivity contribution is 7.99. The predicted octanol–water partition coefficient (Wildman–Crippen LogP) is 6.01. The zero-order valence-electron chi connectivity index (χ0n) is 16.7. The highest BCUT2D eigenvalue weighted by Gasteiger charge is 2.15. The van der Waals surface area contributed by atoms with E-state index in [1.807, 2.05) is 18.2 Å². The van der Waals surface area contributed by atoms with Gasteiger partial charge in [-0.2, -0.15) is 0 Å². The lowest BCUT2D eigenvalue weighted by atomic mass is 10.2. The molecule has 0 aliphatic heterocycles. The average Bonchev–Trinajstić information content (AvgIpc) is 2.74. The molecule has 3 rings (SSSR count). The molecule has 0 fully saturated rings. The van der Waals surface area contributed by atoms with E-state index in [2.05, 4.69) is 17.2 Å². The highest BCUT2D eigenvalue weighted by atomic mass is 35.5. The molecule has 0 aliphatic carbocycles. The minimum atomic E-state index is -0.269. The number of carbonyl (C=O) groups excluding carboxylic acids is 1. The molecule has 0 aliphatic rings.